The van der Waals surface area contributed by atoms with Crippen molar-refractivity contribution in [3.05, 3.63) is 29.8 Å². The van der Waals surface area contributed by atoms with E-state index in [9.17, 15) is 0 Å². The molecule has 0 amide bonds. The normalized spacial score (nSPS) is 24.7. The number of aryl methyl sites for hydroxylation is 1. The summed E-state index contributed by atoms with van der Waals surface area (Å²) in [7, 11) is 0. The lowest BCUT2D eigenvalue weighted by atomic mass is 10.2. The molecular formula is C12H17NO. The largest absolute Gasteiger partial charge is 0.493 e. The molecule has 0 aromatic heterocycles. The molecule has 1 aliphatic carbocycles. The Kier molecular flexibility index (Phi) is 2.73. The average molecular weight is 191 g/mol. The summed E-state index contributed by atoms with van der Waals surface area (Å²) in [5.74, 6) is 2.41. The number of para-hydroxylation sites is 1. The molecule has 2 unspecified atom stereocenters. The summed E-state index contributed by atoms with van der Waals surface area (Å²) >= 11 is 0. The van der Waals surface area contributed by atoms with E-state index in [-0.39, 0.29) is 0 Å². The third-order valence-corrected chi connectivity index (χ3v) is 2.92. The maximum Gasteiger partial charge on any atom is 0.122 e. The Balaban J connectivity index is 1.84. The zero-order chi connectivity index (χ0) is 9.97. The van der Waals surface area contributed by atoms with Gasteiger partial charge >= 0.3 is 0 Å². The predicted octanol–water partition coefficient (Wildman–Crippen LogP) is 1.97. The average Bonchev–Trinajstić information content (AvgIpc) is 2.95. The SMILES string of the molecule is Cc1ccccc1OCC1CC1CN. The van der Waals surface area contributed by atoms with Gasteiger partial charge in [-0.1, -0.05) is 18.2 Å². The van der Waals surface area contributed by atoms with Gasteiger partial charge in [-0.05, 0) is 43.4 Å². The Bertz CT molecular complexity index is 311. The fourth-order valence-corrected chi connectivity index (χ4v) is 1.72. The Morgan fingerprint density at radius 2 is 2.14 bits per heavy atom. The van der Waals surface area contributed by atoms with Crippen LogP contribution in [0, 0.1) is 18.8 Å². The molecule has 0 radical (unpaired) electrons. The minimum absolute atomic E-state index is 0.694. The highest BCUT2D eigenvalue weighted by atomic mass is 16.5. The predicted molar refractivity (Wildman–Crippen MR) is 57.3 cm³/mol. The van der Waals surface area contributed by atoms with E-state index in [1.807, 2.05) is 18.2 Å². The maximum atomic E-state index is 5.74. The van der Waals surface area contributed by atoms with Crippen LogP contribution in [0.5, 0.6) is 5.75 Å². The van der Waals surface area contributed by atoms with Crippen LogP contribution in [0.25, 0.3) is 0 Å². The maximum absolute atomic E-state index is 5.74. The first-order chi connectivity index (χ1) is 6.81. The summed E-state index contributed by atoms with van der Waals surface area (Å²) in [6, 6.07) is 8.13. The third kappa shape index (κ3) is 2.07. The van der Waals surface area contributed by atoms with E-state index < -0.39 is 0 Å². The minimum Gasteiger partial charge on any atom is -0.493 e. The van der Waals surface area contributed by atoms with E-state index in [1.54, 1.807) is 0 Å². The number of rotatable bonds is 4. The molecule has 1 aromatic rings. The first kappa shape index (κ1) is 9.53. The van der Waals surface area contributed by atoms with Crippen LogP contribution in [0.3, 0.4) is 0 Å². The number of nitrogens with two attached hydrogens (primary N) is 1. The fourth-order valence-electron chi connectivity index (χ4n) is 1.72. The lowest BCUT2D eigenvalue weighted by Crippen LogP contribution is -2.07. The van der Waals surface area contributed by atoms with E-state index in [4.69, 9.17) is 10.5 Å². The molecular weight excluding hydrogens is 174 g/mol. The van der Waals surface area contributed by atoms with Crippen molar-refractivity contribution in [2.75, 3.05) is 13.2 Å². The van der Waals surface area contributed by atoms with Gasteiger partial charge in [0.2, 0.25) is 0 Å². The van der Waals surface area contributed by atoms with Gasteiger partial charge in [0.05, 0.1) is 6.61 Å². The molecule has 14 heavy (non-hydrogen) atoms. The molecule has 0 heterocycles. The highest BCUT2D eigenvalue weighted by Crippen LogP contribution is 2.37. The number of hydrogen-bond donors (Lipinski definition) is 1. The molecule has 0 bridgehead atoms. The highest BCUT2D eigenvalue weighted by Gasteiger charge is 2.36. The van der Waals surface area contributed by atoms with Gasteiger partial charge in [-0.3, -0.25) is 0 Å². The van der Waals surface area contributed by atoms with Crippen molar-refractivity contribution in [1.82, 2.24) is 0 Å². The molecule has 1 fully saturated rings. The van der Waals surface area contributed by atoms with Gasteiger partial charge in [0, 0.05) is 0 Å². The van der Waals surface area contributed by atoms with Gasteiger partial charge in [0.1, 0.15) is 5.75 Å². The second-order valence-corrected chi connectivity index (χ2v) is 4.07. The Labute approximate surface area is 85.1 Å². The van der Waals surface area contributed by atoms with Gasteiger partial charge in [0.25, 0.3) is 0 Å². The molecule has 0 spiro atoms. The van der Waals surface area contributed by atoms with Crippen LogP contribution in [0.4, 0.5) is 0 Å². The van der Waals surface area contributed by atoms with Gasteiger partial charge in [-0.15, -0.1) is 0 Å². The van der Waals surface area contributed by atoms with Crippen LogP contribution in [0.15, 0.2) is 24.3 Å². The molecule has 76 valence electrons. The zero-order valence-electron chi connectivity index (χ0n) is 8.57. The summed E-state index contributed by atoms with van der Waals surface area (Å²) in [5.41, 5.74) is 6.77. The first-order valence-electron chi connectivity index (χ1n) is 5.19. The third-order valence-electron chi connectivity index (χ3n) is 2.92. The van der Waals surface area contributed by atoms with E-state index in [1.165, 1.54) is 12.0 Å². The molecule has 2 nitrogen and oxygen atoms in total. The first-order valence-corrected chi connectivity index (χ1v) is 5.19. The smallest absolute Gasteiger partial charge is 0.122 e. The summed E-state index contributed by atoms with van der Waals surface area (Å²) < 4.78 is 5.74. The lowest BCUT2D eigenvalue weighted by Gasteiger charge is -2.07. The molecule has 2 heteroatoms. The second kappa shape index (κ2) is 4.01. The molecule has 2 rings (SSSR count). The summed E-state index contributed by atoms with van der Waals surface area (Å²) in [6.45, 7) is 3.71. The van der Waals surface area contributed by atoms with Crippen LogP contribution >= 0.6 is 0 Å². The lowest BCUT2D eigenvalue weighted by molar-refractivity contribution is 0.290. The van der Waals surface area contributed by atoms with Crippen molar-refractivity contribution in [2.45, 2.75) is 13.3 Å². The molecule has 1 aliphatic rings. The van der Waals surface area contributed by atoms with Crippen molar-refractivity contribution in [3.63, 3.8) is 0 Å². The Morgan fingerprint density at radius 3 is 2.79 bits per heavy atom. The summed E-state index contributed by atoms with van der Waals surface area (Å²) in [4.78, 5) is 0. The van der Waals surface area contributed by atoms with Gasteiger partial charge in [-0.25, -0.2) is 0 Å². The second-order valence-electron chi connectivity index (χ2n) is 4.07. The highest BCUT2D eigenvalue weighted by molar-refractivity contribution is 5.31. The van der Waals surface area contributed by atoms with Gasteiger partial charge in [0.15, 0.2) is 0 Å². The van der Waals surface area contributed by atoms with Gasteiger partial charge in [-0.2, -0.15) is 0 Å². The van der Waals surface area contributed by atoms with E-state index in [0.29, 0.717) is 11.8 Å². The Hall–Kier alpha value is -1.02. The van der Waals surface area contributed by atoms with Crippen molar-refractivity contribution < 1.29 is 4.74 Å². The van der Waals surface area contributed by atoms with Gasteiger partial charge < -0.3 is 10.5 Å². The summed E-state index contributed by atoms with van der Waals surface area (Å²) in [6.07, 6.45) is 1.24. The monoisotopic (exact) mass is 191 g/mol. The van der Waals surface area contributed by atoms with Crippen molar-refractivity contribution in [2.24, 2.45) is 17.6 Å². The van der Waals surface area contributed by atoms with E-state index >= 15 is 0 Å². The number of ether oxygens (including phenoxy) is 1. The molecule has 0 aliphatic heterocycles. The van der Waals surface area contributed by atoms with Crippen LogP contribution in [-0.2, 0) is 0 Å². The van der Waals surface area contributed by atoms with Crippen LogP contribution in [0.2, 0.25) is 0 Å². The van der Waals surface area contributed by atoms with Crippen LogP contribution in [-0.4, -0.2) is 13.2 Å². The molecule has 1 saturated carbocycles. The molecule has 0 saturated heterocycles. The van der Waals surface area contributed by atoms with E-state index in [0.717, 1.165) is 18.9 Å². The van der Waals surface area contributed by atoms with Crippen molar-refractivity contribution in [3.8, 4) is 5.75 Å². The minimum atomic E-state index is 0.694. The zero-order valence-corrected chi connectivity index (χ0v) is 8.57. The topological polar surface area (TPSA) is 35.2 Å². The fraction of sp³-hybridized carbons (Fsp3) is 0.500. The molecule has 1 aromatic carbocycles. The molecule has 2 atom stereocenters. The number of benzene rings is 1. The van der Waals surface area contributed by atoms with E-state index in [2.05, 4.69) is 13.0 Å². The quantitative estimate of drug-likeness (QED) is 0.789. The number of hydrogen-bond acceptors (Lipinski definition) is 2. The standard InChI is InChI=1S/C12H17NO/c1-9-4-2-3-5-12(9)14-8-11-6-10(11)7-13/h2-5,10-11H,6-8,13H2,1H3. The van der Waals surface area contributed by atoms with Crippen molar-refractivity contribution in [1.29, 1.82) is 0 Å². The Morgan fingerprint density at radius 1 is 1.36 bits per heavy atom. The molecule has 2 N–H and O–H groups in total. The van der Waals surface area contributed by atoms with Crippen LogP contribution in [0.1, 0.15) is 12.0 Å². The van der Waals surface area contributed by atoms with Crippen LogP contribution < -0.4 is 10.5 Å². The summed E-state index contributed by atoms with van der Waals surface area (Å²) in [5, 5.41) is 0. The van der Waals surface area contributed by atoms with Crippen molar-refractivity contribution >= 4 is 0 Å².